The van der Waals surface area contributed by atoms with E-state index in [1.54, 1.807) is 0 Å². The first-order chi connectivity index (χ1) is 28.3. The van der Waals surface area contributed by atoms with Gasteiger partial charge in [-0.05, 0) is 116 Å². The third kappa shape index (κ3) is 5.33. The third-order valence-electron chi connectivity index (χ3n) is 11.7. The topological polar surface area (TPSA) is 16.4 Å². The van der Waals surface area contributed by atoms with Crippen LogP contribution in [-0.4, -0.2) is 0 Å². The summed E-state index contributed by atoms with van der Waals surface area (Å²) >= 11 is 0. The molecule has 0 fully saturated rings. The van der Waals surface area contributed by atoms with Crippen LogP contribution in [0.15, 0.2) is 229 Å². The highest BCUT2D eigenvalue weighted by Crippen LogP contribution is 2.56. The zero-order valence-electron chi connectivity index (χ0n) is 31.2. The molecule has 0 spiro atoms. The number of anilines is 3. The molecular formula is C55H37NO. The molecule has 0 radical (unpaired) electrons. The zero-order valence-corrected chi connectivity index (χ0v) is 31.2. The van der Waals surface area contributed by atoms with Crippen LogP contribution in [0.1, 0.15) is 22.3 Å². The van der Waals surface area contributed by atoms with Crippen molar-refractivity contribution in [2.24, 2.45) is 0 Å². The molecule has 1 aliphatic rings. The van der Waals surface area contributed by atoms with Gasteiger partial charge in [-0.15, -0.1) is 0 Å². The van der Waals surface area contributed by atoms with Crippen molar-refractivity contribution in [3.8, 4) is 33.4 Å². The lowest BCUT2D eigenvalue weighted by Gasteiger charge is -2.34. The monoisotopic (exact) mass is 727 g/mol. The molecule has 0 bridgehead atoms. The molecule has 11 rings (SSSR count). The molecule has 9 aromatic carbocycles. The normalized spacial score (nSPS) is 12.7. The van der Waals surface area contributed by atoms with Crippen molar-refractivity contribution in [2.45, 2.75) is 5.41 Å². The van der Waals surface area contributed by atoms with Crippen LogP contribution in [0.5, 0.6) is 0 Å². The van der Waals surface area contributed by atoms with Crippen LogP contribution in [-0.2, 0) is 5.41 Å². The molecule has 268 valence electrons. The fraction of sp³-hybridized carbons (Fsp3) is 0.0182. The summed E-state index contributed by atoms with van der Waals surface area (Å²) in [6, 6.07) is 81.1. The smallest absolute Gasteiger partial charge is 0.135 e. The SMILES string of the molecule is c1ccc(-c2ccc3oc4ccc(N(c5ccccc5)c5ccc(-c6cccc(C7(c8ccccc8)c8ccccc8-c8ccccc87)c6)cc5)cc4c3c2)cc1. The summed E-state index contributed by atoms with van der Waals surface area (Å²) in [6.45, 7) is 0. The van der Waals surface area contributed by atoms with E-state index in [0.717, 1.165) is 39.0 Å². The second-order valence-corrected chi connectivity index (χ2v) is 14.9. The first-order valence-electron chi connectivity index (χ1n) is 19.6. The van der Waals surface area contributed by atoms with Crippen molar-refractivity contribution in [3.63, 3.8) is 0 Å². The summed E-state index contributed by atoms with van der Waals surface area (Å²) in [4.78, 5) is 2.33. The van der Waals surface area contributed by atoms with E-state index in [0.29, 0.717) is 0 Å². The Kier molecular flexibility index (Phi) is 7.75. The van der Waals surface area contributed by atoms with Gasteiger partial charge in [0.25, 0.3) is 0 Å². The van der Waals surface area contributed by atoms with E-state index in [1.165, 1.54) is 55.6 Å². The van der Waals surface area contributed by atoms with Gasteiger partial charge in [-0.2, -0.15) is 0 Å². The maximum absolute atomic E-state index is 6.36. The average molecular weight is 728 g/mol. The highest BCUT2D eigenvalue weighted by Gasteiger charge is 2.45. The molecule has 0 saturated heterocycles. The second-order valence-electron chi connectivity index (χ2n) is 14.9. The fourth-order valence-electron chi connectivity index (χ4n) is 9.19. The van der Waals surface area contributed by atoms with Gasteiger partial charge in [0.05, 0.1) is 5.41 Å². The van der Waals surface area contributed by atoms with Gasteiger partial charge in [-0.3, -0.25) is 0 Å². The Balaban J connectivity index is 1.01. The minimum absolute atomic E-state index is 0.438. The molecule has 10 aromatic rings. The van der Waals surface area contributed by atoms with E-state index in [2.05, 4.69) is 229 Å². The molecule has 0 aliphatic heterocycles. The van der Waals surface area contributed by atoms with Crippen LogP contribution in [0.4, 0.5) is 17.1 Å². The first kappa shape index (κ1) is 33.0. The van der Waals surface area contributed by atoms with Gasteiger partial charge in [-0.25, -0.2) is 0 Å². The summed E-state index contributed by atoms with van der Waals surface area (Å²) in [7, 11) is 0. The predicted molar refractivity (Wildman–Crippen MR) is 237 cm³/mol. The van der Waals surface area contributed by atoms with Crippen LogP contribution < -0.4 is 4.90 Å². The molecule has 0 amide bonds. The quantitative estimate of drug-likeness (QED) is 0.163. The van der Waals surface area contributed by atoms with E-state index in [4.69, 9.17) is 4.42 Å². The molecule has 0 unspecified atom stereocenters. The van der Waals surface area contributed by atoms with Gasteiger partial charge in [-0.1, -0.05) is 164 Å². The minimum Gasteiger partial charge on any atom is -0.456 e. The molecule has 1 aliphatic carbocycles. The molecule has 0 saturated carbocycles. The van der Waals surface area contributed by atoms with Gasteiger partial charge in [0.2, 0.25) is 0 Å². The molecule has 0 atom stereocenters. The Morgan fingerprint density at radius 1 is 0.316 bits per heavy atom. The molecular weight excluding hydrogens is 691 g/mol. The molecule has 2 heteroatoms. The minimum atomic E-state index is -0.438. The van der Waals surface area contributed by atoms with E-state index >= 15 is 0 Å². The highest BCUT2D eigenvalue weighted by molar-refractivity contribution is 6.08. The Labute approximate surface area is 332 Å². The van der Waals surface area contributed by atoms with Crippen molar-refractivity contribution in [1.29, 1.82) is 0 Å². The van der Waals surface area contributed by atoms with Crippen molar-refractivity contribution in [1.82, 2.24) is 0 Å². The molecule has 0 N–H and O–H groups in total. The number of rotatable bonds is 7. The van der Waals surface area contributed by atoms with Crippen LogP contribution >= 0.6 is 0 Å². The molecule has 57 heavy (non-hydrogen) atoms. The maximum atomic E-state index is 6.36. The van der Waals surface area contributed by atoms with E-state index in [-0.39, 0.29) is 0 Å². The summed E-state index contributed by atoms with van der Waals surface area (Å²) < 4.78 is 6.36. The number of para-hydroxylation sites is 1. The number of hydrogen-bond donors (Lipinski definition) is 0. The Morgan fingerprint density at radius 2 is 0.789 bits per heavy atom. The van der Waals surface area contributed by atoms with E-state index < -0.39 is 5.41 Å². The lowest BCUT2D eigenvalue weighted by molar-refractivity contribution is 0.669. The largest absolute Gasteiger partial charge is 0.456 e. The van der Waals surface area contributed by atoms with Gasteiger partial charge < -0.3 is 9.32 Å². The summed E-state index contributed by atoms with van der Waals surface area (Å²) in [6.07, 6.45) is 0. The van der Waals surface area contributed by atoms with Crippen LogP contribution in [0.2, 0.25) is 0 Å². The number of nitrogens with zero attached hydrogens (tertiary/aromatic N) is 1. The Morgan fingerprint density at radius 3 is 1.49 bits per heavy atom. The van der Waals surface area contributed by atoms with E-state index in [9.17, 15) is 0 Å². The lowest BCUT2D eigenvalue weighted by atomic mass is 9.67. The van der Waals surface area contributed by atoms with E-state index in [1.807, 2.05) is 0 Å². The first-order valence-corrected chi connectivity index (χ1v) is 19.6. The predicted octanol–water partition coefficient (Wildman–Crippen LogP) is 14.8. The number of fused-ring (bicyclic) bond motifs is 6. The lowest BCUT2D eigenvalue weighted by Crippen LogP contribution is -2.28. The molecule has 2 nitrogen and oxygen atoms in total. The number of furan rings is 1. The maximum Gasteiger partial charge on any atom is 0.135 e. The molecule has 1 heterocycles. The van der Waals surface area contributed by atoms with Crippen LogP contribution in [0.25, 0.3) is 55.3 Å². The summed E-state index contributed by atoms with van der Waals surface area (Å²) in [5, 5.41) is 2.20. The van der Waals surface area contributed by atoms with Gasteiger partial charge in [0, 0.05) is 27.8 Å². The second kappa shape index (κ2) is 13.4. The number of benzene rings is 9. The van der Waals surface area contributed by atoms with Gasteiger partial charge >= 0.3 is 0 Å². The Hall–Kier alpha value is -7.42. The summed E-state index contributed by atoms with van der Waals surface area (Å²) in [5.74, 6) is 0. The third-order valence-corrected chi connectivity index (χ3v) is 11.7. The van der Waals surface area contributed by atoms with Crippen molar-refractivity contribution >= 4 is 39.0 Å². The molecule has 1 aromatic heterocycles. The average Bonchev–Trinajstić information content (AvgIpc) is 3.81. The van der Waals surface area contributed by atoms with Crippen molar-refractivity contribution in [3.05, 3.63) is 247 Å². The summed E-state index contributed by atoms with van der Waals surface area (Å²) in [5.41, 5.74) is 17.0. The zero-order chi connectivity index (χ0) is 37.8. The van der Waals surface area contributed by atoms with Crippen molar-refractivity contribution in [2.75, 3.05) is 4.90 Å². The Bertz CT molecular complexity index is 3010. The highest BCUT2D eigenvalue weighted by atomic mass is 16.3. The van der Waals surface area contributed by atoms with Crippen LogP contribution in [0.3, 0.4) is 0 Å². The van der Waals surface area contributed by atoms with Gasteiger partial charge in [0.1, 0.15) is 11.2 Å². The number of hydrogen-bond acceptors (Lipinski definition) is 2. The van der Waals surface area contributed by atoms with Crippen molar-refractivity contribution < 1.29 is 4.42 Å². The van der Waals surface area contributed by atoms with Gasteiger partial charge in [0.15, 0.2) is 0 Å². The van der Waals surface area contributed by atoms with Crippen LogP contribution in [0, 0.1) is 0 Å². The standard InChI is InChI=1S/C55H37NO/c1-4-15-38(16-5-1)41-29-33-53-49(36-41)50-37-46(32-34-54(50)57-53)56(44-21-8-3-9-22-44)45-30-27-39(28-31-45)40-17-14-20-43(35-40)55(42-18-6-2-7-19-42)51-25-12-10-23-47(51)48-24-11-13-26-52(48)55/h1-37H. The fourth-order valence-corrected chi connectivity index (χ4v) is 9.19.